The summed E-state index contributed by atoms with van der Waals surface area (Å²) in [6, 6.07) is 0. The molecule has 5 nitrogen and oxygen atoms in total. The molecule has 6 heteroatoms. The van der Waals surface area contributed by atoms with Gasteiger partial charge >= 0.3 is 0 Å². The molecular weight excluding hydrogens is 204 g/mol. The fourth-order valence-electron chi connectivity index (χ4n) is 0.916. The third-order valence-corrected chi connectivity index (χ3v) is 4.07. The molecule has 0 aliphatic rings. The number of carbonyl (C=O) groups excluding carboxylic acids is 1. The normalized spacial score (nSPS) is 18.8. The number of carbonyl (C=O) groups is 1. The van der Waals surface area contributed by atoms with Crippen LogP contribution in [0.1, 0.15) is 0 Å². The first-order valence-corrected chi connectivity index (χ1v) is 7.98. The largest absolute Gasteiger partial charge is 0.393 e. The zero-order chi connectivity index (χ0) is 11.5. The zero-order valence-corrected chi connectivity index (χ0v) is 9.64. The van der Waals surface area contributed by atoms with Gasteiger partial charge in [-0.15, -0.1) is 0 Å². The van der Waals surface area contributed by atoms with Gasteiger partial charge in [0.25, 0.3) is 0 Å². The Bertz CT molecular complexity index is 200. The monoisotopic (exact) mass is 222 g/mol. The molecule has 0 aliphatic carbocycles. The van der Waals surface area contributed by atoms with E-state index < -0.39 is 38.4 Å². The van der Waals surface area contributed by atoms with Crippen LogP contribution in [-0.4, -0.2) is 58.8 Å². The van der Waals surface area contributed by atoms with Crippen molar-refractivity contribution in [1.82, 2.24) is 0 Å². The first kappa shape index (κ1) is 13.7. The molecule has 14 heavy (non-hydrogen) atoms. The molecule has 0 heterocycles. The van der Waals surface area contributed by atoms with Gasteiger partial charge in [0.15, 0.2) is 5.78 Å². The average Bonchev–Trinajstić information content (AvgIpc) is 2.11. The van der Waals surface area contributed by atoms with E-state index in [1.165, 1.54) is 0 Å². The van der Waals surface area contributed by atoms with Crippen LogP contribution in [0.3, 0.4) is 0 Å². The summed E-state index contributed by atoms with van der Waals surface area (Å²) in [6.45, 7) is 4.63. The van der Waals surface area contributed by atoms with Gasteiger partial charge < -0.3 is 20.4 Å². The molecule has 4 N–H and O–H groups in total. The molecule has 0 radical (unpaired) electrons. The van der Waals surface area contributed by atoms with E-state index in [0.717, 1.165) is 0 Å². The fourth-order valence-corrected chi connectivity index (χ4v) is 2.03. The molecule has 0 saturated carbocycles. The van der Waals surface area contributed by atoms with Gasteiger partial charge in [-0.3, -0.25) is 4.79 Å². The van der Waals surface area contributed by atoms with Crippen LogP contribution in [0.15, 0.2) is 0 Å². The molecule has 0 spiro atoms. The molecule has 0 fully saturated rings. The maximum Gasteiger partial charge on any atom is 0.194 e. The minimum absolute atomic E-state index is 0.742. The number of rotatable bonds is 5. The van der Waals surface area contributed by atoms with Gasteiger partial charge in [0.1, 0.15) is 12.2 Å². The number of hydrogen-bond donors (Lipinski definition) is 4. The van der Waals surface area contributed by atoms with Crippen molar-refractivity contribution in [2.75, 3.05) is 6.61 Å². The van der Waals surface area contributed by atoms with Gasteiger partial charge in [-0.1, -0.05) is 19.6 Å². The number of Topliss-reactive ketones (excluding diaryl/α,β-unsaturated/α-hetero) is 1. The molecule has 0 aromatic heterocycles. The first-order chi connectivity index (χ1) is 6.21. The maximum absolute atomic E-state index is 11.2. The molecule has 84 valence electrons. The van der Waals surface area contributed by atoms with Crippen LogP contribution in [0.4, 0.5) is 0 Å². The summed E-state index contributed by atoms with van der Waals surface area (Å²) in [4.78, 5) is 11.2. The summed E-state index contributed by atoms with van der Waals surface area (Å²) >= 11 is 0. The zero-order valence-electron chi connectivity index (χ0n) is 8.64. The van der Waals surface area contributed by atoms with Crippen LogP contribution >= 0.6 is 0 Å². The Labute approximate surface area is 84.0 Å². The third kappa shape index (κ3) is 3.47. The fraction of sp³-hybridized carbons (Fsp3) is 0.875. The van der Waals surface area contributed by atoms with Crippen molar-refractivity contribution in [1.29, 1.82) is 0 Å². The van der Waals surface area contributed by atoms with Gasteiger partial charge in [-0.25, -0.2) is 0 Å². The second-order valence-electron chi connectivity index (χ2n) is 4.36. The van der Waals surface area contributed by atoms with Gasteiger partial charge in [0.2, 0.25) is 0 Å². The van der Waals surface area contributed by atoms with Crippen LogP contribution < -0.4 is 0 Å². The van der Waals surface area contributed by atoms with E-state index in [1.807, 2.05) is 0 Å². The molecule has 3 atom stereocenters. The van der Waals surface area contributed by atoms with E-state index in [-0.39, 0.29) is 0 Å². The van der Waals surface area contributed by atoms with Crippen LogP contribution in [0.2, 0.25) is 19.6 Å². The number of hydrogen-bond acceptors (Lipinski definition) is 5. The Balaban J connectivity index is 4.47. The van der Waals surface area contributed by atoms with Crippen molar-refractivity contribution >= 4 is 13.9 Å². The van der Waals surface area contributed by atoms with E-state index in [4.69, 9.17) is 10.2 Å². The quantitative estimate of drug-likeness (QED) is 0.425. The minimum Gasteiger partial charge on any atom is -0.393 e. The molecule has 0 rings (SSSR count). The molecule has 0 aliphatic heterocycles. The molecule has 1 unspecified atom stereocenters. The van der Waals surface area contributed by atoms with E-state index in [9.17, 15) is 15.0 Å². The third-order valence-electron chi connectivity index (χ3n) is 1.98. The van der Waals surface area contributed by atoms with Gasteiger partial charge in [0, 0.05) is 0 Å². The molecule has 0 saturated heterocycles. The lowest BCUT2D eigenvalue weighted by Gasteiger charge is -2.28. The average molecular weight is 222 g/mol. The number of aliphatic hydroxyl groups is 4. The molecule has 0 amide bonds. The standard InChI is InChI=1S/C8H18O5Si/c1-14(2,3)8(13)7(12)6(11)5(10)4-9/h5,7-10,12-13H,4H2,1-3H3/t5-,7+,8?/m1/s1. The van der Waals surface area contributed by atoms with E-state index in [0.29, 0.717) is 0 Å². The van der Waals surface area contributed by atoms with Gasteiger partial charge in [-0.05, 0) is 0 Å². The lowest BCUT2D eigenvalue weighted by atomic mass is 10.1. The van der Waals surface area contributed by atoms with E-state index in [2.05, 4.69) is 0 Å². The Morgan fingerprint density at radius 2 is 1.64 bits per heavy atom. The van der Waals surface area contributed by atoms with Crippen LogP contribution in [-0.2, 0) is 4.79 Å². The number of ketones is 1. The van der Waals surface area contributed by atoms with Crippen molar-refractivity contribution in [3.63, 3.8) is 0 Å². The lowest BCUT2D eigenvalue weighted by molar-refractivity contribution is -0.140. The highest BCUT2D eigenvalue weighted by Gasteiger charge is 2.37. The van der Waals surface area contributed by atoms with E-state index in [1.54, 1.807) is 19.6 Å². The minimum atomic E-state index is -2.05. The number of aliphatic hydroxyl groups excluding tert-OH is 4. The predicted molar refractivity (Wildman–Crippen MR) is 53.5 cm³/mol. The SMILES string of the molecule is C[Si](C)(C)C(O)[C@@H](O)C(=O)[C@H](O)CO. The van der Waals surface area contributed by atoms with Gasteiger partial charge in [-0.2, -0.15) is 0 Å². The van der Waals surface area contributed by atoms with Crippen molar-refractivity contribution < 1.29 is 25.2 Å². The molecule has 0 bridgehead atoms. The molecule has 0 aromatic rings. The lowest BCUT2D eigenvalue weighted by Crippen LogP contribution is -2.52. The Hall–Kier alpha value is -0.273. The Morgan fingerprint density at radius 1 is 1.21 bits per heavy atom. The highest BCUT2D eigenvalue weighted by Crippen LogP contribution is 2.12. The van der Waals surface area contributed by atoms with Gasteiger partial charge in [0.05, 0.1) is 20.4 Å². The second-order valence-corrected chi connectivity index (χ2v) is 9.68. The molecule has 0 aromatic carbocycles. The highest BCUT2D eigenvalue weighted by molar-refractivity contribution is 6.77. The van der Waals surface area contributed by atoms with Crippen molar-refractivity contribution in [2.45, 2.75) is 37.6 Å². The van der Waals surface area contributed by atoms with Crippen molar-refractivity contribution in [3.05, 3.63) is 0 Å². The van der Waals surface area contributed by atoms with Crippen LogP contribution in [0.25, 0.3) is 0 Å². The smallest absolute Gasteiger partial charge is 0.194 e. The van der Waals surface area contributed by atoms with E-state index >= 15 is 0 Å². The van der Waals surface area contributed by atoms with Crippen LogP contribution in [0.5, 0.6) is 0 Å². The summed E-state index contributed by atoms with van der Waals surface area (Å²) in [6.07, 6.45) is -3.22. The highest BCUT2D eigenvalue weighted by atomic mass is 28.3. The summed E-state index contributed by atoms with van der Waals surface area (Å²) < 4.78 is 0. The Morgan fingerprint density at radius 3 is 1.93 bits per heavy atom. The predicted octanol–water partition coefficient (Wildman–Crippen LogP) is -1.49. The summed E-state index contributed by atoms with van der Waals surface area (Å²) in [5.74, 6) is -0.928. The summed E-state index contributed by atoms with van der Waals surface area (Å²) in [5.41, 5.74) is -1.13. The summed E-state index contributed by atoms with van der Waals surface area (Å²) in [5, 5.41) is 36.4. The van der Waals surface area contributed by atoms with Crippen LogP contribution in [0, 0.1) is 0 Å². The van der Waals surface area contributed by atoms with Crippen molar-refractivity contribution in [2.24, 2.45) is 0 Å². The molecular formula is C8H18O5Si. The summed E-state index contributed by atoms with van der Waals surface area (Å²) in [7, 11) is -2.05. The first-order valence-electron chi connectivity index (χ1n) is 4.40. The maximum atomic E-state index is 11.2. The van der Waals surface area contributed by atoms with Crippen molar-refractivity contribution in [3.8, 4) is 0 Å². The Kier molecular flexibility index (Phi) is 4.89. The topological polar surface area (TPSA) is 98.0 Å². The second kappa shape index (κ2) is 4.99.